The molecule has 1 unspecified atom stereocenters. The van der Waals surface area contributed by atoms with Crippen LogP contribution in [0.2, 0.25) is 0 Å². The van der Waals surface area contributed by atoms with Crippen LogP contribution in [0.1, 0.15) is 24.5 Å². The number of nitrogens with one attached hydrogen (secondary N) is 2. The molecule has 0 bridgehead atoms. The van der Waals surface area contributed by atoms with Gasteiger partial charge in [-0.05, 0) is 43.5 Å². The maximum absolute atomic E-state index is 14.4. The number of pyridine rings is 1. The second kappa shape index (κ2) is 9.19. The molecule has 0 radical (unpaired) electrons. The Hall–Kier alpha value is -1.86. The third-order valence-electron chi connectivity index (χ3n) is 3.98. The molecule has 2 rings (SSSR count). The van der Waals surface area contributed by atoms with Crippen LogP contribution in [-0.4, -0.2) is 20.4 Å². The number of benzene rings is 1. The van der Waals surface area contributed by atoms with E-state index in [4.69, 9.17) is 11.6 Å². The van der Waals surface area contributed by atoms with Gasteiger partial charge in [0.05, 0.1) is 11.4 Å². The summed E-state index contributed by atoms with van der Waals surface area (Å²) >= 11 is 5.64. The number of rotatable bonds is 8. The van der Waals surface area contributed by atoms with Crippen LogP contribution in [-0.2, 0) is 24.5 Å². The van der Waals surface area contributed by atoms with E-state index in [1.807, 2.05) is 13.0 Å². The van der Waals surface area contributed by atoms with Gasteiger partial charge in [0.2, 0.25) is 0 Å². The number of hydrogen-bond acceptors (Lipinski definition) is 3. The Morgan fingerprint density at radius 2 is 2.00 bits per heavy atom. The van der Waals surface area contributed by atoms with Gasteiger partial charge in [-0.3, -0.25) is 9.36 Å². The maximum Gasteiger partial charge on any atom is 0.254 e. The topological polar surface area (TPSA) is 63.1 Å². The first-order chi connectivity index (χ1) is 12.4. The van der Waals surface area contributed by atoms with Crippen LogP contribution in [0.4, 0.5) is 21.6 Å². The predicted molar refractivity (Wildman–Crippen MR) is 107 cm³/mol. The number of aryl methyl sites for hydroxylation is 2. The van der Waals surface area contributed by atoms with E-state index in [2.05, 4.69) is 10.0 Å². The van der Waals surface area contributed by atoms with Crippen LogP contribution in [0.3, 0.4) is 0 Å². The fraction of sp³-hybridized carbons (Fsp3) is 0.389. The van der Waals surface area contributed by atoms with E-state index in [0.717, 1.165) is 12.0 Å². The fourth-order valence-electron chi connectivity index (χ4n) is 2.49. The molecule has 1 heterocycles. The molecule has 0 saturated carbocycles. The Bertz CT molecular complexity index is 870. The summed E-state index contributed by atoms with van der Waals surface area (Å²) in [5.41, 5.74) is 1.88. The summed E-state index contributed by atoms with van der Waals surface area (Å²) in [6.45, 7) is 3.62. The minimum Gasteiger partial charge on any atom is -0.337 e. The Labute approximate surface area is 160 Å². The van der Waals surface area contributed by atoms with Crippen molar-refractivity contribution in [2.45, 2.75) is 26.7 Å². The number of aromatic nitrogens is 1. The molecule has 2 N–H and O–H groups in total. The molecule has 0 amide bonds. The molecule has 5 nitrogen and oxygen atoms in total. The van der Waals surface area contributed by atoms with E-state index in [9.17, 15) is 13.4 Å². The molecule has 0 spiro atoms. The molecular weight excluding hydrogens is 377 g/mol. The molecule has 1 atom stereocenters. The Morgan fingerprint density at radius 1 is 1.27 bits per heavy atom. The molecule has 0 aliphatic rings. The summed E-state index contributed by atoms with van der Waals surface area (Å²) in [6, 6.07) is 6.53. The summed E-state index contributed by atoms with van der Waals surface area (Å²) in [4.78, 5) is 12.3. The van der Waals surface area contributed by atoms with Gasteiger partial charge in [0.15, 0.2) is 0 Å². The zero-order valence-corrected chi connectivity index (χ0v) is 16.6. The van der Waals surface area contributed by atoms with Gasteiger partial charge in [-0.1, -0.05) is 13.0 Å². The van der Waals surface area contributed by atoms with Gasteiger partial charge in [0.25, 0.3) is 5.56 Å². The number of alkyl halides is 1. The van der Waals surface area contributed by atoms with Crippen molar-refractivity contribution >= 4 is 39.8 Å². The molecular formula is C18H23ClFN3O2S. The minimum atomic E-state index is -1.36. The normalized spacial score (nSPS) is 12.0. The van der Waals surface area contributed by atoms with Gasteiger partial charge in [-0.25, -0.2) is 8.60 Å². The lowest BCUT2D eigenvalue weighted by Crippen LogP contribution is -2.24. The molecule has 1 aromatic carbocycles. The standard InChI is InChI=1S/C18H23ClFN3O2S/c1-4-13-6-7-15(14(20)11-13)21-17-16(22-26(25)9-5-8-19)10-12(2)18(24)23(17)3/h6-7,10-11,21-22H,4-5,8-9H2,1-3H3. The fourth-order valence-corrected chi connectivity index (χ4v) is 3.69. The summed E-state index contributed by atoms with van der Waals surface area (Å²) < 4.78 is 30.8. The first-order valence-electron chi connectivity index (χ1n) is 8.34. The lowest BCUT2D eigenvalue weighted by molar-refractivity contribution is 0.629. The summed E-state index contributed by atoms with van der Waals surface area (Å²) in [5, 5.41) is 2.95. The molecule has 26 heavy (non-hydrogen) atoms. The number of halogens is 2. The second-order valence-electron chi connectivity index (χ2n) is 5.94. The highest BCUT2D eigenvalue weighted by Gasteiger charge is 2.14. The first kappa shape index (κ1) is 20.5. The Morgan fingerprint density at radius 3 is 2.62 bits per heavy atom. The Kier molecular flexibility index (Phi) is 7.23. The molecule has 0 aliphatic carbocycles. The van der Waals surface area contributed by atoms with Crippen LogP contribution < -0.4 is 15.6 Å². The zero-order valence-electron chi connectivity index (χ0n) is 15.1. The van der Waals surface area contributed by atoms with Gasteiger partial charge in [-0.2, -0.15) is 0 Å². The SMILES string of the molecule is CCc1ccc(Nc2c(NS(=O)CCCCl)cc(C)c(=O)n2C)c(F)c1. The molecule has 1 aromatic heterocycles. The van der Waals surface area contributed by atoms with Crippen molar-refractivity contribution in [3.63, 3.8) is 0 Å². The quantitative estimate of drug-likeness (QED) is 0.663. The highest BCUT2D eigenvalue weighted by atomic mass is 35.5. The lowest BCUT2D eigenvalue weighted by Gasteiger charge is -2.18. The smallest absolute Gasteiger partial charge is 0.254 e. The second-order valence-corrected chi connectivity index (χ2v) is 7.62. The first-order valence-corrected chi connectivity index (χ1v) is 10.2. The minimum absolute atomic E-state index is 0.213. The van der Waals surface area contributed by atoms with Crippen LogP contribution >= 0.6 is 11.6 Å². The van der Waals surface area contributed by atoms with Gasteiger partial charge < -0.3 is 10.0 Å². The van der Waals surface area contributed by atoms with Gasteiger partial charge in [0, 0.05) is 24.2 Å². The number of hydrogen-bond donors (Lipinski definition) is 2. The third-order valence-corrected chi connectivity index (χ3v) is 5.35. The molecule has 142 valence electrons. The number of anilines is 3. The van der Waals surface area contributed by atoms with Crippen molar-refractivity contribution in [2.24, 2.45) is 7.05 Å². The zero-order chi connectivity index (χ0) is 19.3. The summed E-state index contributed by atoms with van der Waals surface area (Å²) in [5.74, 6) is 0.735. The third kappa shape index (κ3) is 4.86. The van der Waals surface area contributed by atoms with Gasteiger partial charge in [-0.15, -0.1) is 11.6 Å². The van der Waals surface area contributed by atoms with Crippen LogP contribution in [0.25, 0.3) is 0 Å². The van der Waals surface area contributed by atoms with E-state index in [1.54, 1.807) is 26.1 Å². The van der Waals surface area contributed by atoms with Crippen molar-refractivity contribution in [3.05, 3.63) is 51.6 Å². The molecule has 0 saturated heterocycles. The molecule has 0 fully saturated rings. The highest BCUT2D eigenvalue weighted by Crippen LogP contribution is 2.27. The lowest BCUT2D eigenvalue weighted by atomic mass is 10.1. The summed E-state index contributed by atoms with van der Waals surface area (Å²) in [6.07, 6.45) is 1.33. The van der Waals surface area contributed by atoms with Gasteiger partial charge >= 0.3 is 0 Å². The Balaban J connectivity index is 2.41. The van der Waals surface area contributed by atoms with Crippen molar-refractivity contribution in [1.29, 1.82) is 0 Å². The predicted octanol–water partition coefficient (Wildman–Crippen LogP) is 3.84. The van der Waals surface area contributed by atoms with Crippen molar-refractivity contribution < 1.29 is 8.60 Å². The van der Waals surface area contributed by atoms with Crippen molar-refractivity contribution in [3.8, 4) is 0 Å². The average molecular weight is 400 g/mol. The van der Waals surface area contributed by atoms with E-state index in [0.29, 0.717) is 35.1 Å². The molecule has 8 heteroatoms. The summed E-state index contributed by atoms with van der Waals surface area (Å²) in [7, 11) is 0.230. The highest BCUT2D eigenvalue weighted by molar-refractivity contribution is 7.86. The largest absolute Gasteiger partial charge is 0.337 e. The van der Waals surface area contributed by atoms with Crippen LogP contribution in [0.5, 0.6) is 0 Å². The van der Waals surface area contributed by atoms with Crippen LogP contribution in [0, 0.1) is 12.7 Å². The molecule has 0 aliphatic heterocycles. The van der Waals surface area contributed by atoms with E-state index in [-0.39, 0.29) is 11.2 Å². The van der Waals surface area contributed by atoms with E-state index < -0.39 is 16.8 Å². The molecule has 2 aromatic rings. The van der Waals surface area contributed by atoms with E-state index >= 15 is 0 Å². The van der Waals surface area contributed by atoms with Crippen LogP contribution in [0.15, 0.2) is 29.1 Å². The number of nitrogens with zero attached hydrogens (tertiary/aromatic N) is 1. The monoisotopic (exact) mass is 399 g/mol. The van der Waals surface area contributed by atoms with Crippen molar-refractivity contribution in [1.82, 2.24) is 4.57 Å². The van der Waals surface area contributed by atoms with E-state index in [1.165, 1.54) is 10.6 Å². The average Bonchev–Trinajstić information content (AvgIpc) is 2.62. The van der Waals surface area contributed by atoms with Gasteiger partial charge in [0.1, 0.15) is 22.6 Å². The maximum atomic E-state index is 14.4. The van der Waals surface area contributed by atoms with Crippen molar-refractivity contribution in [2.75, 3.05) is 21.7 Å².